The van der Waals surface area contributed by atoms with Crippen LogP contribution in [0, 0.1) is 5.92 Å². The predicted molar refractivity (Wildman–Crippen MR) is 67.9 cm³/mol. The second-order valence-electron chi connectivity index (χ2n) is 4.73. The first-order chi connectivity index (χ1) is 7.83. The van der Waals surface area contributed by atoms with Crippen molar-refractivity contribution in [1.82, 2.24) is 5.32 Å². The zero-order valence-corrected chi connectivity index (χ0v) is 10.8. The van der Waals surface area contributed by atoms with Crippen LogP contribution in [0.3, 0.4) is 0 Å². The lowest BCUT2D eigenvalue weighted by Crippen LogP contribution is -2.37. The first kappa shape index (κ1) is 10.6. The molecule has 0 saturated carbocycles. The molecule has 3 rings (SSSR count). The topological polar surface area (TPSA) is 21.3 Å². The van der Waals surface area contributed by atoms with E-state index in [2.05, 4.69) is 39.4 Å². The molecule has 1 aromatic rings. The number of nitrogens with one attached hydrogen (secondary N) is 1. The number of hydrogen-bond donors (Lipinski definition) is 1. The van der Waals surface area contributed by atoms with Crippen molar-refractivity contribution in [2.75, 3.05) is 13.2 Å². The largest absolute Gasteiger partial charge is 0.493 e. The van der Waals surface area contributed by atoms with Gasteiger partial charge in [-0.1, -0.05) is 22.0 Å². The zero-order chi connectivity index (χ0) is 11.0. The zero-order valence-electron chi connectivity index (χ0n) is 9.21. The molecule has 2 heterocycles. The summed E-state index contributed by atoms with van der Waals surface area (Å²) in [5, 5.41) is 3.58. The van der Waals surface area contributed by atoms with Gasteiger partial charge in [0.15, 0.2) is 0 Å². The Balaban J connectivity index is 1.78. The Morgan fingerprint density at radius 2 is 2.31 bits per heavy atom. The fraction of sp³-hybridized carbons (Fsp3) is 0.538. The molecule has 1 fully saturated rings. The molecule has 0 aliphatic carbocycles. The summed E-state index contributed by atoms with van der Waals surface area (Å²) in [4.78, 5) is 0. The molecular formula is C13H16BrNO. The van der Waals surface area contributed by atoms with E-state index in [1.165, 1.54) is 24.9 Å². The molecule has 0 bridgehead atoms. The fourth-order valence-electron chi connectivity index (χ4n) is 2.74. The van der Waals surface area contributed by atoms with E-state index in [0.29, 0.717) is 12.0 Å². The number of benzene rings is 1. The highest BCUT2D eigenvalue weighted by Crippen LogP contribution is 2.32. The molecular weight excluding hydrogens is 266 g/mol. The highest BCUT2D eigenvalue weighted by atomic mass is 79.9. The number of rotatable bonds is 1. The highest BCUT2D eigenvalue weighted by Gasteiger charge is 2.29. The molecule has 16 heavy (non-hydrogen) atoms. The molecule has 0 aromatic heterocycles. The molecule has 86 valence electrons. The maximum atomic E-state index is 5.86. The van der Waals surface area contributed by atoms with Crippen LogP contribution >= 0.6 is 15.9 Å². The first-order valence-electron chi connectivity index (χ1n) is 5.97. The normalized spacial score (nSPS) is 28.6. The van der Waals surface area contributed by atoms with Crippen LogP contribution in [0.4, 0.5) is 0 Å². The average molecular weight is 282 g/mol. The van der Waals surface area contributed by atoms with Crippen LogP contribution < -0.4 is 10.1 Å². The van der Waals surface area contributed by atoms with E-state index in [9.17, 15) is 0 Å². The molecule has 0 radical (unpaired) electrons. The summed E-state index contributed by atoms with van der Waals surface area (Å²) in [7, 11) is 0. The Labute approximate surface area is 105 Å². The van der Waals surface area contributed by atoms with Crippen molar-refractivity contribution < 1.29 is 4.74 Å². The van der Waals surface area contributed by atoms with Crippen molar-refractivity contribution in [3.63, 3.8) is 0 Å². The van der Waals surface area contributed by atoms with Gasteiger partial charge < -0.3 is 10.1 Å². The summed E-state index contributed by atoms with van der Waals surface area (Å²) in [5.74, 6) is 1.71. The van der Waals surface area contributed by atoms with Gasteiger partial charge in [-0.3, -0.25) is 0 Å². The van der Waals surface area contributed by atoms with Crippen molar-refractivity contribution >= 4 is 15.9 Å². The van der Waals surface area contributed by atoms with E-state index in [-0.39, 0.29) is 0 Å². The monoisotopic (exact) mass is 281 g/mol. The second kappa shape index (κ2) is 4.38. The van der Waals surface area contributed by atoms with Crippen LogP contribution in [0.2, 0.25) is 0 Å². The molecule has 2 unspecified atom stereocenters. The Kier molecular flexibility index (Phi) is 2.90. The fourth-order valence-corrected chi connectivity index (χ4v) is 3.08. The van der Waals surface area contributed by atoms with E-state index < -0.39 is 0 Å². The van der Waals surface area contributed by atoms with Crippen molar-refractivity contribution in [3.05, 3.63) is 28.2 Å². The third kappa shape index (κ3) is 1.98. The first-order valence-corrected chi connectivity index (χ1v) is 6.77. The average Bonchev–Trinajstić information content (AvgIpc) is 2.82. The molecule has 3 heteroatoms. The Morgan fingerprint density at radius 1 is 1.38 bits per heavy atom. The van der Waals surface area contributed by atoms with Crippen LogP contribution in [0.25, 0.3) is 0 Å². The number of fused-ring (bicyclic) bond motifs is 1. The summed E-state index contributed by atoms with van der Waals surface area (Å²) in [6.45, 7) is 2.04. The minimum Gasteiger partial charge on any atom is -0.493 e. The summed E-state index contributed by atoms with van der Waals surface area (Å²) in [5.41, 5.74) is 1.35. The summed E-state index contributed by atoms with van der Waals surface area (Å²) < 4.78 is 6.96. The molecule has 2 aliphatic heterocycles. The minimum absolute atomic E-state index is 0.649. The van der Waals surface area contributed by atoms with Gasteiger partial charge >= 0.3 is 0 Å². The second-order valence-corrected chi connectivity index (χ2v) is 5.65. The van der Waals surface area contributed by atoms with E-state index in [1.54, 1.807) is 0 Å². The van der Waals surface area contributed by atoms with Crippen molar-refractivity contribution in [1.29, 1.82) is 0 Å². The molecule has 0 spiro atoms. The molecule has 2 nitrogen and oxygen atoms in total. The standard InChI is InChI=1S/C13H16BrNO/c14-11-4-3-9-6-10(8-16-13(9)7-11)12-2-1-5-15-12/h3-4,7,10,12,15H,1-2,5-6,8H2. The number of hydrogen-bond acceptors (Lipinski definition) is 2. The van der Waals surface area contributed by atoms with Gasteiger partial charge in [-0.05, 0) is 43.5 Å². The lowest BCUT2D eigenvalue weighted by atomic mass is 9.90. The third-order valence-corrected chi connectivity index (χ3v) is 4.12. The van der Waals surface area contributed by atoms with Crippen molar-refractivity contribution in [2.24, 2.45) is 5.92 Å². The Hall–Kier alpha value is -0.540. The van der Waals surface area contributed by atoms with Crippen LogP contribution in [0.5, 0.6) is 5.75 Å². The maximum absolute atomic E-state index is 5.86. The minimum atomic E-state index is 0.649. The number of ether oxygens (including phenoxy) is 1. The van der Waals surface area contributed by atoms with Gasteiger partial charge in [-0.15, -0.1) is 0 Å². The van der Waals surface area contributed by atoms with E-state index in [1.807, 2.05) is 0 Å². The summed E-state index contributed by atoms with van der Waals surface area (Å²) in [6, 6.07) is 7.03. The van der Waals surface area contributed by atoms with E-state index in [0.717, 1.165) is 23.2 Å². The molecule has 2 atom stereocenters. The predicted octanol–water partition coefficient (Wildman–Crippen LogP) is 2.75. The lowest BCUT2D eigenvalue weighted by Gasteiger charge is -2.29. The van der Waals surface area contributed by atoms with E-state index in [4.69, 9.17) is 4.74 Å². The maximum Gasteiger partial charge on any atom is 0.123 e. The molecule has 0 amide bonds. The lowest BCUT2D eigenvalue weighted by molar-refractivity contribution is 0.191. The van der Waals surface area contributed by atoms with Gasteiger partial charge in [0.1, 0.15) is 5.75 Å². The van der Waals surface area contributed by atoms with Gasteiger partial charge in [-0.25, -0.2) is 0 Å². The SMILES string of the molecule is Brc1ccc2c(c1)OCC(C1CCCN1)C2. The van der Waals surface area contributed by atoms with Crippen LogP contribution in [-0.4, -0.2) is 19.2 Å². The quantitative estimate of drug-likeness (QED) is 0.855. The summed E-state index contributed by atoms with van der Waals surface area (Å²) in [6.07, 6.45) is 3.77. The van der Waals surface area contributed by atoms with Gasteiger partial charge in [-0.2, -0.15) is 0 Å². The van der Waals surface area contributed by atoms with Crippen LogP contribution in [-0.2, 0) is 6.42 Å². The highest BCUT2D eigenvalue weighted by molar-refractivity contribution is 9.10. The Morgan fingerprint density at radius 3 is 3.12 bits per heavy atom. The van der Waals surface area contributed by atoms with Gasteiger partial charge in [0.2, 0.25) is 0 Å². The van der Waals surface area contributed by atoms with E-state index >= 15 is 0 Å². The molecule has 2 aliphatic rings. The Bertz CT molecular complexity index is 388. The van der Waals surface area contributed by atoms with Gasteiger partial charge in [0.25, 0.3) is 0 Å². The van der Waals surface area contributed by atoms with Gasteiger partial charge in [0, 0.05) is 16.4 Å². The van der Waals surface area contributed by atoms with Crippen LogP contribution in [0.15, 0.2) is 22.7 Å². The number of halogens is 1. The van der Waals surface area contributed by atoms with Crippen LogP contribution in [0.1, 0.15) is 18.4 Å². The third-order valence-electron chi connectivity index (χ3n) is 3.63. The van der Waals surface area contributed by atoms with Gasteiger partial charge in [0.05, 0.1) is 6.61 Å². The van der Waals surface area contributed by atoms with Crippen molar-refractivity contribution in [3.8, 4) is 5.75 Å². The summed E-state index contributed by atoms with van der Waals surface area (Å²) >= 11 is 3.48. The van der Waals surface area contributed by atoms with Crippen molar-refractivity contribution in [2.45, 2.75) is 25.3 Å². The molecule has 1 N–H and O–H groups in total. The smallest absolute Gasteiger partial charge is 0.123 e. The molecule has 1 aromatic carbocycles. The molecule has 1 saturated heterocycles.